The second kappa shape index (κ2) is 5.41. The van der Waals surface area contributed by atoms with E-state index in [-0.39, 0.29) is 6.04 Å². The van der Waals surface area contributed by atoms with Crippen LogP contribution in [0, 0.1) is 0 Å². The van der Waals surface area contributed by atoms with Gasteiger partial charge in [-0.25, -0.2) is 4.98 Å². The van der Waals surface area contributed by atoms with Crippen LogP contribution in [0.25, 0.3) is 0 Å². The molecule has 0 aliphatic heterocycles. The molecule has 1 unspecified atom stereocenters. The summed E-state index contributed by atoms with van der Waals surface area (Å²) in [7, 11) is 3.31. The van der Waals surface area contributed by atoms with Gasteiger partial charge in [-0.05, 0) is 6.92 Å². The molecule has 0 radical (unpaired) electrons. The molecule has 0 saturated carbocycles. The summed E-state index contributed by atoms with van der Waals surface area (Å²) in [5.41, 5.74) is 6.76. The maximum Gasteiger partial charge on any atom is 0.119 e. The number of thiazole rings is 1. The lowest BCUT2D eigenvalue weighted by Crippen LogP contribution is -2.06. The molecule has 1 atom stereocenters. The van der Waals surface area contributed by atoms with Gasteiger partial charge in [-0.15, -0.1) is 11.3 Å². The van der Waals surface area contributed by atoms with E-state index in [4.69, 9.17) is 15.2 Å². The van der Waals surface area contributed by atoms with Crippen molar-refractivity contribution in [3.05, 3.63) is 15.6 Å². The summed E-state index contributed by atoms with van der Waals surface area (Å²) < 4.78 is 10.1. The van der Waals surface area contributed by atoms with Crippen LogP contribution >= 0.6 is 11.3 Å². The van der Waals surface area contributed by atoms with E-state index in [1.54, 1.807) is 25.6 Å². The van der Waals surface area contributed by atoms with E-state index in [0.29, 0.717) is 13.2 Å². The van der Waals surface area contributed by atoms with Crippen molar-refractivity contribution in [2.24, 2.45) is 5.73 Å². The Morgan fingerprint density at radius 2 is 2.00 bits per heavy atom. The van der Waals surface area contributed by atoms with Gasteiger partial charge in [0.1, 0.15) is 5.01 Å². The highest BCUT2D eigenvalue weighted by Crippen LogP contribution is 2.24. The van der Waals surface area contributed by atoms with E-state index in [1.807, 2.05) is 6.92 Å². The van der Waals surface area contributed by atoms with E-state index in [9.17, 15) is 0 Å². The fourth-order valence-corrected chi connectivity index (χ4v) is 2.19. The van der Waals surface area contributed by atoms with Gasteiger partial charge < -0.3 is 15.2 Å². The molecule has 1 aromatic rings. The van der Waals surface area contributed by atoms with Crippen LogP contribution in [0.1, 0.15) is 28.5 Å². The molecule has 0 spiro atoms. The Balaban J connectivity index is 2.87. The Kier molecular flexibility index (Phi) is 4.47. The molecule has 0 aliphatic rings. The van der Waals surface area contributed by atoms with E-state index < -0.39 is 0 Å². The van der Waals surface area contributed by atoms with Crippen molar-refractivity contribution in [2.75, 3.05) is 14.2 Å². The average Bonchev–Trinajstić information content (AvgIpc) is 2.49. The van der Waals surface area contributed by atoms with Gasteiger partial charge in [0.2, 0.25) is 0 Å². The quantitative estimate of drug-likeness (QED) is 0.809. The molecule has 0 bridgehead atoms. The monoisotopic (exact) mass is 216 g/mol. The molecule has 0 amide bonds. The second-order valence-electron chi connectivity index (χ2n) is 3.07. The van der Waals surface area contributed by atoms with Crippen molar-refractivity contribution in [1.29, 1.82) is 0 Å². The molecule has 0 saturated heterocycles. The van der Waals surface area contributed by atoms with Crippen LogP contribution in [-0.4, -0.2) is 19.2 Å². The molecule has 0 aromatic carbocycles. The van der Waals surface area contributed by atoms with E-state index in [0.717, 1.165) is 15.6 Å². The summed E-state index contributed by atoms with van der Waals surface area (Å²) in [6.45, 7) is 2.99. The molecule has 0 fully saturated rings. The smallest absolute Gasteiger partial charge is 0.119 e. The van der Waals surface area contributed by atoms with Gasteiger partial charge in [0.05, 0.1) is 18.9 Å². The minimum absolute atomic E-state index is 0.00301. The first-order valence-corrected chi connectivity index (χ1v) is 5.22. The molecule has 14 heavy (non-hydrogen) atoms. The Morgan fingerprint density at radius 3 is 2.50 bits per heavy atom. The van der Waals surface area contributed by atoms with E-state index in [1.165, 1.54) is 0 Å². The third kappa shape index (κ3) is 2.75. The van der Waals surface area contributed by atoms with Crippen molar-refractivity contribution in [2.45, 2.75) is 26.2 Å². The van der Waals surface area contributed by atoms with E-state index in [2.05, 4.69) is 4.98 Å². The van der Waals surface area contributed by atoms with Crippen molar-refractivity contribution in [3.63, 3.8) is 0 Å². The maximum atomic E-state index is 5.83. The number of ether oxygens (including phenoxy) is 2. The molecular formula is C9H16N2O2S. The molecule has 4 nitrogen and oxygen atoms in total. The number of rotatable bonds is 5. The Morgan fingerprint density at radius 1 is 1.36 bits per heavy atom. The third-order valence-corrected chi connectivity index (χ3v) is 3.01. The normalized spacial score (nSPS) is 13.1. The van der Waals surface area contributed by atoms with Gasteiger partial charge in [-0.2, -0.15) is 0 Å². The molecule has 2 N–H and O–H groups in total. The van der Waals surface area contributed by atoms with Gasteiger partial charge in [0, 0.05) is 25.1 Å². The average molecular weight is 216 g/mol. The van der Waals surface area contributed by atoms with Crippen LogP contribution in [0.2, 0.25) is 0 Å². The van der Waals surface area contributed by atoms with Gasteiger partial charge in [0.15, 0.2) is 0 Å². The topological polar surface area (TPSA) is 57.4 Å². The van der Waals surface area contributed by atoms with Crippen LogP contribution in [0.5, 0.6) is 0 Å². The number of nitrogens with two attached hydrogens (primary N) is 1. The summed E-state index contributed by atoms with van der Waals surface area (Å²) in [5, 5.41) is 0.951. The second-order valence-corrected chi connectivity index (χ2v) is 4.19. The first-order valence-electron chi connectivity index (χ1n) is 4.41. The first-order chi connectivity index (χ1) is 6.69. The number of nitrogens with zero attached hydrogens (tertiary/aromatic N) is 1. The van der Waals surface area contributed by atoms with Gasteiger partial charge >= 0.3 is 0 Å². The maximum absolute atomic E-state index is 5.83. The molecule has 80 valence electrons. The highest BCUT2D eigenvalue weighted by Gasteiger charge is 2.13. The summed E-state index contributed by atoms with van der Waals surface area (Å²) in [5.74, 6) is 0. The van der Waals surface area contributed by atoms with Crippen LogP contribution < -0.4 is 5.73 Å². The SMILES string of the molecule is COCc1nc(COC)c(C(C)N)s1. The van der Waals surface area contributed by atoms with Crippen molar-refractivity contribution < 1.29 is 9.47 Å². The molecular weight excluding hydrogens is 200 g/mol. The van der Waals surface area contributed by atoms with Crippen molar-refractivity contribution in [3.8, 4) is 0 Å². The summed E-state index contributed by atoms with van der Waals surface area (Å²) in [6.07, 6.45) is 0. The number of hydrogen-bond donors (Lipinski definition) is 1. The lowest BCUT2D eigenvalue weighted by molar-refractivity contribution is 0.176. The number of hydrogen-bond acceptors (Lipinski definition) is 5. The fourth-order valence-electron chi connectivity index (χ4n) is 1.20. The predicted molar refractivity (Wildman–Crippen MR) is 56.1 cm³/mol. The fraction of sp³-hybridized carbons (Fsp3) is 0.667. The highest BCUT2D eigenvalue weighted by atomic mass is 32.1. The molecule has 0 aliphatic carbocycles. The Hall–Kier alpha value is -0.490. The first kappa shape index (κ1) is 11.6. The highest BCUT2D eigenvalue weighted by molar-refractivity contribution is 7.11. The van der Waals surface area contributed by atoms with Crippen molar-refractivity contribution >= 4 is 11.3 Å². The third-order valence-electron chi connectivity index (χ3n) is 1.73. The Labute approximate surface area is 88.0 Å². The zero-order valence-electron chi connectivity index (χ0n) is 8.74. The minimum Gasteiger partial charge on any atom is -0.378 e. The predicted octanol–water partition coefficient (Wildman–Crippen LogP) is 1.46. The molecule has 1 heterocycles. The van der Waals surface area contributed by atoms with E-state index >= 15 is 0 Å². The lowest BCUT2D eigenvalue weighted by atomic mass is 10.2. The zero-order chi connectivity index (χ0) is 10.6. The largest absolute Gasteiger partial charge is 0.378 e. The van der Waals surface area contributed by atoms with Crippen LogP contribution in [0.3, 0.4) is 0 Å². The lowest BCUT2D eigenvalue weighted by Gasteiger charge is -2.03. The summed E-state index contributed by atoms with van der Waals surface area (Å²) >= 11 is 1.59. The minimum atomic E-state index is 0.00301. The zero-order valence-corrected chi connectivity index (χ0v) is 9.56. The van der Waals surface area contributed by atoms with Gasteiger partial charge in [-0.3, -0.25) is 0 Å². The summed E-state index contributed by atoms with van der Waals surface area (Å²) in [4.78, 5) is 5.48. The molecule has 5 heteroatoms. The molecule has 1 rings (SSSR count). The van der Waals surface area contributed by atoms with Crippen LogP contribution in [0.4, 0.5) is 0 Å². The summed E-state index contributed by atoms with van der Waals surface area (Å²) in [6, 6.07) is 0.00301. The van der Waals surface area contributed by atoms with Crippen LogP contribution in [-0.2, 0) is 22.7 Å². The number of methoxy groups -OCH3 is 2. The standard InChI is InChI=1S/C9H16N2O2S/c1-6(10)9-7(4-12-2)11-8(14-9)5-13-3/h6H,4-5,10H2,1-3H3. The number of aromatic nitrogens is 1. The Bertz CT molecular complexity index is 286. The van der Waals surface area contributed by atoms with Crippen LogP contribution in [0.15, 0.2) is 0 Å². The van der Waals surface area contributed by atoms with Gasteiger partial charge in [-0.1, -0.05) is 0 Å². The van der Waals surface area contributed by atoms with Crippen molar-refractivity contribution in [1.82, 2.24) is 4.98 Å². The van der Waals surface area contributed by atoms with Gasteiger partial charge in [0.25, 0.3) is 0 Å². The molecule has 1 aromatic heterocycles.